The van der Waals surface area contributed by atoms with Crippen molar-refractivity contribution in [2.75, 3.05) is 13.1 Å². The highest BCUT2D eigenvalue weighted by atomic mass is 16.1. The molecule has 1 aliphatic heterocycles. The Morgan fingerprint density at radius 1 is 1.22 bits per heavy atom. The van der Waals surface area contributed by atoms with Crippen LogP contribution in [0.2, 0.25) is 0 Å². The Bertz CT molecular complexity index is 757. The summed E-state index contributed by atoms with van der Waals surface area (Å²) >= 11 is 0. The molecule has 2 heterocycles. The average molecular weight is 311 g/mol. The van der Waals surface area contributed by atoms with E-state index in [1.165, 1.54) is 12.5 Å². The first-order chi connectivity index (χ1) is 11.1. The van der Waals surface area contributed by atoms with E-state index in [9.17, 15) is 4.79 Å². The van der Waals surface area contributed by atoms with Crippen LogP contribution < -0.4 is 11.3 Å². The standard InChI is InChI=1S/C17H21N5O/c1-12-5-7-13(8-6-12)14-11-15(23)20-17(19-14)21-16(18)22-9-3-2-4-10-22/h5-8,11H,2-4,9-10H2,1H3,(H3,18,19,20,21,23). The van der Waals surface area contributed by atoms with Crippen LogP contribution in [0.25, 0.3) is 11.3 Å². The number of nitrogens with zero attached hydrogens (tertiary/aromatic N) is 3. The first-order valence-electron chi connectivity index (χ1n) is 7.89. The summed E-state index contributed by atoms with van der Waals surface area (Å²) in [7, 11) is 0. The molecule has 6 heteroatoms. The van der Waals surface area contributed by atoms with Crippen LogP contribution in [-0.2, 0) is 0 Å². The lowest BCUT2D eigenvalue weighted by molar-refractivity contribution is 0.339. The van der Waals surface area contributed by atoms with E-state index < -0.39 is 0 Å². The highest BCUT2D eigenvalue weighted by molar-refractivity contribution is 5.80. The van der Waals surface area contributed by atoms with Gasteiger partial charge in [-0.2, -0.15) is 4.99 Å². The second kappa shape index (κ2) is 6.64. The molecule has 0 spiro atoms. The molecule has 6 nitrogen and oxygen atoms in total. The molecular formula is C17H21N5O. The first-order valence-corrected chi connectivity index (χ1v) is 7.89. The zero-order valence-corrected chi connectivity index (χ0v) is 13.2. The predicted molar refractivity (Wildman–Crippen MR) is 91.7 cm³/mol. The van der Waals surface area contributed by atoms with Crippen molar-refractivity contribution in [2.45, 2.75) is 26.2 Å². The molecule has 0 unspecified atom stereocenters. The Balaban J connectivity index is 1.91. The van der Waals surface area contributed by atoms with Crippen molar-refractivity contribution in [3.05, 3.63) is 46.2 Å². The third kappa shape index (κ3) is 3.77. The summed E-state index contributed by atoms with van der Waals surface area (Å²) in [5, 5.41) is 0. The number of guanidine groups is 1. The minimum atomic E-state index is -0.235. The zero-order valence-electron chi connectivity index (χ0n) is 13.2. The number of likely N-dealkylation sites (tertiary alicyclic amines) is 1. The second-order valence-electron chi connectivity index (χ2n) is 5.84. The van der Waals surface area contributed by atoms with Gasteiger partial charge in [0.15, 0.2) is 5.96 Å². The van der Waals surface area contributed by atoms with Gasteiger partial charge >= 0.3 is 0 Å². The second-order valence-corrected chi connectivity index (χ2v) is 5.84. The van der Waals surface area contributed by atoms with Crippen molar-refractivity contribution in [1.29, 1.82) is 0 Å². The van der Waals surface area contributed by atoms with E-state index in [1.54, 1.807) is 0 Å². The van der Waals surface area contributed by atoms with Crippen molar-refractivity contribution >= 4 is 11.9 Å². The summed E-state index contributed by atoms with van der Waals surface area (Å²) in [6.07, 6.45) is 3.45. The number of aryl methyl sites for hydroxylation is 1. The lowest BCUT2D eigenvalue weighted by Crippen LogP contribution is -2.40. The molecule has 0 bridgehead atoms. The van der Waals surface area contributed by atoms with Gasteiger partial charge in [-0.1, -0.05) is 29.8 Å². The number of aromatic nitrogens is 2. The van der Waals surface area contributed by atoms with E-state index in [1.807, 2.05) is 36.1 Å². The number of H-pyrrole nitrogens is 1. The van der Waals surface area contributed by atoms with E-state index >= 15 is 0 Å². The monoisotopic (exact) mass is 311 g/mol. The number of rotatable bonds is 2. The number of nitrogens with two attached hydrogens (primary N) is 1. The van der Waals surface area contributed by atoms with Gasteiger partial charge in [-0.3, -0.25) is 9.78 Å². The topological polar surface area (TPSA) is 87.4 Å². The SMILES string of the molecule is Cc1ccc(-c2cc(=O)[nH]c(N=C(N)N3CCCCC3)n2)cc1. The van der Waals surface area contributed by atoms with E-state index in [2.05, 4.69) is 15.0 Å². The highest BCUT2D eigenvalue weighted by Crippen LogP contribution is 2.18. The number of piperidine rings is 1. The lowest BCUT2D eigenvalue weighted by atomic mass is 10.1. The largest absolute Gasteiger partial charge is 0.369 e. The maximum atomic E-state index is 11.9. The van der Waals surface area contributed by atoms with Crippen molar-refractivity contribution in [3.63, 3.8) is 0 Å². The lowest BCUT2D eigenvalue weighted by Gasteiger charge is -2.27. The predicted octanol–water partition coefficient (Wildman–Crippen LogP) is 2.18. The fraction of sp³-hybridized carbons (Fsp3) is 0.353. The molecule has 2 aromatic rings. The van der Waals surface area contributed by atoms with Crippen LogP contribution in [0.3, 0.4) is 0 Å². The van der Waals surface area contributed by atoms with E-state index in [0.29, 0.717) is 11.7 Å². The molecule has 0 aliphatic carbocycles. The normalized spacial score (nSPS) is 15.7. The number of aliphatic imine (C=N–C) groups is 1. The highest BCUT2D eigenvalue weighted by Gasteiger charge is 2.13. The summed E-state index contributed by atoms with van der Waals surface area (Å²) in [5.74, 6) is 0.657. The van der Waals surface area contributed by atoms with Crippen LogP contribution in [0.15, 0.2) is 40.1 Å². The van der Waals surface area contributed by atoms with Gasteiger partial charge in [0, 0.05) is 24.7 Å². The Kier molecular flexibility index (Phi) is 4.41. The minimum absolute atomic E-state index is 0.235. The van der Waals surface area contributed by atoms with E-state index in [0.717, 1.165) is 37.1 Å². The number of nitrogens with one attached hydrogen (secondary N) is 1. The van der Waals surface area contributed by atoms with Crippen molar-refractivity contribution in [3.8, 4) is 11.3 Å². The third-order valence-electron chi connectivity index (χ3n) is 3.98. The summed E-state index contributed by atoms with van der Waals surface area (Å²) in [6.45, 7) is 3.82. The van der Waals surface area contributed by atoms with Crippen LogP contribution in [0.5, 0.6) is 0 Å². The molecule has 23 heavy (non-hydrogen) atoms. The number of aromatic amines is 1. The zero-order chi connectivity index (χ0) is 16.2. The quantitative estimate of drug-likeness (QED) is 0.657. The average Bonchev–Trinajstić information content (AvgIpc) is 2.56. The number of hydrogen-bond donors (Lipinski definition) is 2. The minimum Gasteiger partial charge on any atom is -0.369 e. The van der Waals surface area contributed by atoms with Gasteiger partial charge in [0.2, 0.25) is 5.95 Å². The van der Waals surface area contributed by atoms with Crippen LogP contribution in [0, 0.1) is 6.92 Å². The molecule has 1 aromatic heterocycles. The summed E-state index contributed by atoms with van der Waals surface area (Å²) in [5.41, 5.74) is 8.46. The summed E-state index contributed by atoms with van der Waals surface area (Å²) in [6, 6.07) is 9.34. The van der Waals surface area contributed by atoms with E-state index in [-0.39, 0.29) is 11.5 Å². The Labute approximate surface area is 135 Å². The third-order valence-corrected chi connectivity index (χ3v) is 3.98. The molecule has 0 radical (unpaired) electrons. The van der Waals surface area contributed by atoms with Crippen molar-refractivity contribution in [2.24, 2.45) is 10.7 Å². The maximum absolute atomic E-state index is 11.9. The molecule has 1 aliphatic rings. The molecule has 0 saturated carbocycles. The Morgan fingerprint density at radius 3 is 2.61 bits per heavy atom. The Morgan fingerprint density at radius 2 is 1.91 bits per heavy atom. The first kappa shape index (κ1) is 15.3. The van der Waals surface area contributed by atoms with E-state index in [4.69, 9.17) is 5.73 Å². The fourth-order valence-electron chi connectivity index (χ4n) is 2.67. The molecule has 0 amide bonds. The van der Waals surface area contributed by atoms with Gasteiger partial charge in [0.1, 0.15) is 0 Å². The van der Waals surface area contributed by atoms with Crippen LogP contribution in [0.1, 0.15) is 24.8 Å². The molecule has 120 valence electrons. The van der Waals surface area contributed by atoms with Gasteiger partial charge < -0.3 is 10.6 Å². The molecule has 3 N–H and O–H groups in total. The molecule has 1 fully saturated rings. The van der Waals surface area contributed by atoms with Gasteiger partial charge in [-0.25, -0.2) is 4.98 Å². The van der Waals surface area contributed by atoms with Gasteiger partial charge in [0.05, 0.1) is 5.69 Å². The molecule has 1 saturated heterocycles. The smallest absolute Gasteiger partial charge is 0.252 e. The van der Waals surface area contributed by atoms with Crippen molar-refractivity contribution < 1.29 is 0 Å². The molecule has 3 rings (SSSR count). The molecular weight excluding hydrogens is 290 g/mol. The van der Waals surface area contributed by atoms with Crippen LogP contribution in [-0.4, -0.2) is 33.9 Å². The molecule has 1 aromatic carbocycles. The fourth-order valence-corrected chi connectivity index (χ4v) is 2.67. The summed E-state index contributed by atoms with van der Waals surface area (Å²) in [4.78, 5) is 25.3. The van der Waals surface area contributed by atoms with Crippen molar-refractivity contribution in [1.82, 2.24) is 14.9 Å². The molecule has 0 atom stereocenters. The number of benzene rings is 1. The van der Waals surface area contributed by atoms with Crippen LogP contribution >= 0.6 is 0 Å². The van der Waals surface area contributed by atoms with Gasteiger partial charge in [0.25, 0.3) is 5.56 Å². The van der Waals surface area contributed by atoms with Gasteiger partial charge in [-0.15, -0.1) is 0 Å². The van der Waals surface area contributed by atoms with Crippen LogP contribution in [0.4, 0.5) is 5.95 Å². The Hall–Kier alpha value is -2.63. The van der Waals surface area contributed by atoms with Gasteiger partial charge in [-0.05, 0) is 26.2 Å². The summed E-state index contributed by atoms with van der Waals surface area (Å²) < 4.78 is 0. The number of hydrogen-bond acceptors (Lipinski definition) is 3. The maximum Gasteiger partial charge on any atom is 0.252 e.